The Hall–Kier alpha value is -2.71. The number of aliphatic hydroxyl groups excluding tert-OH is 1. The van der Waals surface area contributed by atoms with Crippen LogP contribution in [0.5, 0.6) is 0 Å². The van der Waals surface area contributed by atoms with Crippen LogP contribution < -0.4 is 5.32 Å². The molecule has 1 heterocycles. The molecule has 0 atom stereocenters. The number of amides is 1. The fourth-order valence-electron chi connectivity index (χ4n) is 1.72. The van der Waals surface area contributed by atoms with Crippen LogP contribution in [0.1, 0.15) is 11.1 Å². The van der Waals surface area contributed by atoms with Gasteiger partial charge < -0.3 is 10.4 Å². The molecule has 1 aromatic carbocycles. The molecular weight excluding hydrogens is 271 g/mol. The Morgan fingerprint density at radius 1 is 1.38 bits per heavy atom. The molecule has 0 aliphatic rings. The summed E-state index contributed by atoms with van der Waals surface area (Å²) in [6.07, 6.45) is 3.33. The van der Waals surface area contributed by atoms with Crippen LogP contribution in [0.15, 0.2) is 42.7 Å². The average Bonchev–Trinajstić information content (AvgIpc) is 2.48. The van der Waals surface area contributed by atoms with Gasteiger partial charge in [-0.05, 0) is 29.8 Å². The topological polar surface area (TPSA) is 62.2 Å². The van der Waals surface area contributed by atoms with Gasteiger partial charge in [0, 0.05) is 18.0 Å². The van der Waals surface area contributed by atoms with Crippen LogP contribution in [0, 0.1) is 17.7 Å². The van der Waals surface area contributed by atoms with E-state index in [0.29, 0.717) is 5.56 Å². The Bertz CT molecular complexity index is 690. The molecule has 21 heavy (non-hydrogen) atoms. The second kappa shape index (κ2) is 7.17. The lowest BCUT2D eigenvalue weighted by molar-refractivity contribution is -0.115. The normalized spacial score (nSPS) is 9.62. The minimum absolute atomic E-state index is 0.0958. The molecule has 0 aliphatic heterocycles. The van der Waals surface area contributed by atoms with Crippen molar-refractivity contribution in [2.24, 2.45) is 0 Å². The van der Waals surface area contributed by atoms with Gasteiger partial charge in [-0.2, -0.15) is 0 Å². The molecule has 0 fully saturated rings. The zero-order valence-corrected chi connectivity index (χ0v) is 11.1. The number of carbonyl (C=O) groups is 1. The third-order valence-corrected chi connectivity index (χ3v) is 2.64. The average molecular weight is 284 g/mol. The molecule has 2 N–H and O–H groups in total. The fourth-order valence-corrected chi connectivity index (χ4v) is 1.72. The summed E-state index contributed by atoms with van der Waals surface area (Å²) in [4.78, 5) is 15.7. The number of nitrogens with one attached hydrogen (secondary N) is 1. The summed E-state index contributed by atoms with van der Waals surface area (Å²) >= 11 is 0. The molecule has 1 aromatic heterocycles. The molecule has 106 valence electrons. The highest BCUT2D eigenvalue weighted by molar-refractivity contribution is 5.92. The fraction of sp³-hybridized carbons (Fsp3) is 0.125. The SMILES string of the molecule is O=C(Cc1cccnc1)Nc1ccc(C#CCO)cc1F. The summed E-state index contributed by atoms with van der Waals surface area (Å²) in [6, 6.07) is 7.74. The molecular formula is C16H13FN2O2. The van der Waals surface area contributed by atoms with E-state index in [9.17, 15) is 9.18 Å². The maximum Gasteiger partial charge on any atom is 0.228 e. The van der Waals surface area contributed by atoms with Crippen molar-refractivity contribution in [3.63, 3.8) is 0 Å². The Balaban J connectivity index is 2.04. The van der Waals surface area contributed by atoms with Gasteiger partial charge >= 0.3 is 0 Å². The van der Waals surface area contributed by atoms with E-state index >= 15 is 0 Å². The monoisotopic (exact) mass is 284 g/mol. The molecule has 1 amide bonds. The summed E-state index contributed by atoms with van der Waals surface area (Å²) < 4.78 is 13.8. The second-order valence-electron chi connectivity index (χ2n) is 4.24. The van der Waals surface area contributed by atoms with Gasteiger partial charge in [0.2, 0.25) is 5.91 Å². The summed E-state index contributed by atoms with van der Waals surface area (Å²) in [7, 11) is 0. The lowest BCUT2D eigenvalue weighted by Crippen LogP contribution is -2.15. The van der Waals surface area contributed by atoms with Crippen LogP contribution in [-0.4, -0.2) is 22.6 Å². The number of aromatic nitrogens is 1. The summed E-state index contributed by atoms with van der Waals surface area (Å²) in [5.41, 5.74) is 1.28. The molecule has 0 radical (unpaired) electrons. The predicted molar refractivity (Wildman–Crippen MR) is 76.9 cm³/mol. The first-order chi connectivity index (χ1) is 10.2. The molecule has 0 saturated heterocycles. The molecule has 0 saturated carbocycles. The third-order valence-electron chi connectivity index (χ3n) is 2.64. The first-order valence-electron chi connectivity index (χ1n) is 6.27. The van der Waals surface area contributed by atoms with Crippen molar-refractivity contribution in [1.29, 1.82) is 0 Å². The van der Waals surface area contributed by atoms with Gasteiger partial charge in [-0.15, -0.1) is 0 Å². The highest BCUT2D eigenvalue weighted by Crippen LogP contribution is 2.15. The first kappa shape index (κ1) is 14.7. The highest BCUT2D eigenvalue weighted by Gasteiger charge is 2.08. The van der Waals surface area contributed by atoms with Gasteiger partial charge in [-0.3, -0.25) is 9.78 Å². The van der Waals surface area contributed by atoms with Crippen molar-refractivity contribution in [2.75, 3.05) is 11.9 Å². The Labute approximate surface area is 121 Å². The van der Waals surface area contributed by atoms with Gasteiger partial charge in [0.1, 0.15) is 12.4 Å². The van der Waals surface area contributed by atoms with E-state index < -0.39 is 5.82 Å². The van der Waals surface area contributed by atoms with Gasteiger partial charge in [0.25, 0.3) is 0 Å². The van der Waals surface area contributed by atoms with Crippen LogP contribution in [0.2, 0.25) is 0 Å². The summed E-state index contributed by atoms with van der Waals surface area (Å²) in [5.74, 6) is 4.13. The smallest absolute Gasteiger partial charge is 0.228 e. The lowest BCUT2D eigenvalue weighted by Gasteiger charge is -2.06. The Morgan fingerprint density at radius 3 is 2.90 bits per heavy atom. The largest absolute Gasteiger partial charge is 0.384 e. The molecule has 4 nitrogen and oxygen atoms in total. The lowest BCUT2D eigenvalue weighted by atomic mass is 10.1. The minimum Gasteiger partial charge on any atom is -0.384 e. The van der Waals surface area contributed by atoms with Crippen LogP contribution in [0.3, 0.4) is 0 Å². The number of halogens is 1. The van der Waals surface area contributed by atoms with E-state index in [4.69, 9.17) is 5.11 Å². The van der Waals surface area contributed by atoms with Gasteiger partial charge in [-0.25, -0.2) is 4.39 Å². The number of carbonyl (C=O) groups excluding carboxylic acids is 1. The number of benzene rings is 1. The summed E-state index contributed by atoms with van der Waals surface area (Å²) in [6.45, 7) is -0.286. The van der Waals surface area contributed by atoms with Gasteiger partial charge in [0.05, 0.1) is 12.1 Å². The quantitative estimate of drug-likeness (QED) is 0.844. The number of hydrogen-bond donors (Lipinski definition) is 2. The maximum absolute atomic E-state index is 13.8. The molecule has 0 aliphatic carbocycles. The standard InChI is InChI=1S/C16H13FN2O2/c17-14-9-12(4-2-8-20)5-6-15(14)19-16(21)10-13-3-1-7-18-11-13/h1,3,5-7,9,11,20H,8,10H2,(H,19,21). The zero-order valence-electron chi connectivity index (χ0n) is 11.1. The van der Waals surface area contributed by atoms with Gasteiger partial charge in [-0.1, -0.05) is 17.9 Å². The Morgan fingerprint density at radius 2 is 2.24 bits per heavy atom. The van der Waals surface area contributed by atoms with E-state index in [1.165, 1.54) is 12.1 Å². The second-order valence-corrected chi connectivity index (χ2v) is 4.24. The van der Waals surface area contributed by atoms with Gasteiger partial charge in [0.15, 0.2) is 0 Å². The van der Waals surface area contributed by atoms with Crippen molar-refractivity contribution in [3.8, 4) is 11.8 Å². The minimum atomic E-state index is -0.570. The third kappa shape index (κ3) is 4.41. The van der Waals surface area contributed by atoms with E-state index in [0.717, 1.165) is 5.56 Å². The first-order valence-corrected chi connectivity index (χ1v) is 6.27. The zero-order chi connectivity index (χ0) is 15.1. The number of pyridine rings is 1. The van der Waals surface area contributed by atoms with Crippen molar-refractivity contribution >= 4 is 11.6 Å². The van der Waals surface area contributed by atoms with Crippen LogP contribution in [0.4, 0.5) is 10.1 Å². The van der Waals surface area contributed by atoms with Crippen molar-refractivity contribution in [1.82, 2.24) is 4.98 Å². The van der Waals surface area contributed by atoms with E-state index in [2.05, 4.69) is 22.1 Å². The van der Waals surface area contributed by atoms with Crippen molar-refractivity contribution in [2.45, 2.75) is 6.42 Å². The number of nitrogens with zero attached hydrogens (tertiary/aromatic N) is 1. The molecule has 2 rings (SSSR count). The summed E-state index contributed by atoms with van der Waals surface area (Å²) in [5, 5.41) is 11.1. The maximum atomic E-state index is 13.8. The predicted octanol–water partition coefficient (Wildman–Crippen LogP) is 1.75. The Kier molecular flexibility index (Phi) is 5.02. The number of aliphatic hydroxyl groups is 1. The van der Waals surface area contributed by atoms with Crippen molar-refractivity contribution in [3.05, 3.63) is 59.7 Å². The number of rotatable bonds is 3. The molecule has 2 aromatic rings. The highest BCUT2D eigenvalue weighted by atomic mass is 19.1. The number of anilines is 1. The van der Waals surface area contributed by atoms with E-state index in [1.54, 1.807) is 30.6 Å². The molecule has 5 heteroatoms. The van der Waals surface area contributed by atoms with Crippen molar-refractivity contribution < 1.29 is 14.3 Å². The number of hydrogen-bond acceptors (Lipinski definition) is 3. The molecule has 0 bridgehead atoms. The molecule has 0 spiro atoms. The van der Waals surface area contributed by atoms with Crippen LogP contribution in [-0.2, 0) is 11.2 Å². The van der Waals surface area contributed by atoms with E-state index in [-0.39, 0.29) is 24.6 Å². The van der Waals surface area contributed by atoms with Crippen LogP contribution in [0.25, 0.3) is 0 Å². The van der Waals surface area contributed by atoms with Crippen LogP contribution >= 0.6 is 0 Å². The molecule has 0 unspecified atom stereocenters. The van der Waals surface area contributed by atoms with E-state index in [1.807, 2.05) is 0 Å².